The monoisotopic (exact) mass is 389 g/mol. The van der Waals surface area contributed by atoms with Gasteiger partial charge in [-0.2, -0.15) is 0 Å². The summed E-state index contributed by atoms with van der Waals surface area (Å²) in [5.41, 5.74) is 3.66. The van der Waals surface area contributed by atoms with Crippen molar-refractivity contribution in [2.45, 2.75) is 20.4 Å². The van der Waals surface area contributed by atoms with Gasteiger partial charge >= 0.3 is 0 Å². The maximum Gasteiger partial charge on any atom is 0.275 e. The van der Waals surface area contributed by atoms with Gasteiger partial charge in [-0.3, -0.25) is 9.59 Å². The van der Waals surface area contributed by atoms with Gasteiger partial charge in [0.15, 0.2) is 5.78 Å². The lowest BCUT2D eigenvalue weighted by Gasteiger charge is -2.06. The molecular weight excluding hydrogens is 370 g/mol. The van der Waals surface area contributed by atoms with Gasteiger partial charge in [0, 0.05) is 34.1 Å². The molecule has 0 atom stereocenters. The molecule has 140 valence electrons. The zero-order chi connectivity index (χ0) is 19.7. The second-order valence-corrected chi connectivity index (χ2v) is 7.32. The Morgan fingerprint density at radius 3 is 2.71 bits per heavy atom. The van der Waals surface area contributed by atoms with E-state index in [9.17, 15) is 9.59 Å². The van der Waals surface area contributed by atoms with Gasteiger partial charge in [0.1, 0.15) is 10.7 Å². The lowest BCUT2D eigenvalue weighted by molar-refractivity contribution is 0.100. The lowest BCUT2D eigenvalue weighted by atomic mass is 10.1. The molecule has 2 aromatic heterocycles. The highest BCUT2D eigenvalue weighted by Crippen LogP contribution is 2.30. The van der Waals surface area contributed by atoms with Gasteiger partial charge in [0.25, 0.3) is 5.91 Å². The molecule has 0 saturated carbocycles. The second kappa shape index (κ2) is 7.40. The van der Waals surface area contributed by atoms with E-state index in [2.05, 4.69) is 40.0 Å². The number of benzene rings is 2. The van der Waals surface area contributed by atoms with Gasteiger partial charge in [-0.15, -0.1) is 11.3 Å². The van der Waals surface area contributed by atoms with E-state index in [1.165, 1.54) is 18.3 Å². The Hall–Kier alpha value is -3.25. The van der Waals surface area contributed by atoms with E-state index in [1.807, 2.05) is 12.1 Å². The number of aromatic nitrogens is 2. The van der Waals surface area contributed by atoms with E-state index in [0.29, 0.717) is 16.9 Å². The smallest absolute Gasteiger partial charge is 0.275 e. The van der Waals surface area contributed by atoms with Gasteiger partial charge < -0.3 is 9.88 Å². The number of hydrogen-bond donors (Lipinski definition) is 1. The highest BCUT2D eigenvalue weighted by molar-refractivity contribution is 7.13. The van der Waals surface area contributed by atoms with Crippen LogP contribution in [0.5, 0.6) is 0 Å². The van der Waals surface area contributed by atoms with E-state index in [-0.39, 0.29) is 11.7 Å². The summed E-state index contributed by atoms with van der Waals surface area (Å²) in [5.74, 6) is -0.332. The van der Waals surface area contributed by atoms with Crippen LogP contribution in [0.1, 0.15) is 34.7 Å². The standard InChI is InChI=1S/C22H19N3O2S/c1-3-25-19-10-5-4-7-16(19)12-20(25)22-24-18(13-28-22)21(27)23-17-9-6-8-15(11-17)14(2)26/h4-13H,3H2,1-2H3,(H,23,27). The number of thiazole rings is 1. The number of fused-ring (bicyclic) bond motifs is 1. The number of nitrogens with zero attached hydrogens (tertiary/aromatic N) is 2. The third kappa shape index (κ3) is 3.34. The fraction of sp³-hybridized carbons (Fsp3) is 0.136. The van der Waals surface area contributed by atoms with Crippen LogP contribution in [0, 0.1) is 0 Å². The molecule has 0 radical (unpaired) electrons. The molecule has 5 nitrogen and oxygen atoms in total. The number of rotatable bonds is 5. The molecule has 0 saturated heterocycles. The molecular formula is C22H19N3O2S. The quantitative estimate of drug-likeness (QED) is 0.475. The Bertz CT molecular complexity index is 1190. The van der Waals surface area contributed by atoms with Crippen LogP contribution in [-0.4, -0.2) is 21.2 Å². The van der Waals surface area contributed by atoms with Crippen LogP contribution in [0.4, 0.5) is 5.69 Å². The van der Waals surface area contributed by atoms with Crippen LogP contribution in [0.2, 0.25) is 0 Å². The topological polar surface area (TPSA) is 64.0 Å². The van der Waals surface area contributed by atoms with Crippen molar-refractivity contribution in [2.24, 2.45) is 0 Å². The maximum atomic E-state index is 12.6. The zero-order valence-corrected chi connectivity index (χ0v) is 16.4. The lowest BCUT2D eigenvalue weighted by Crippen LogP contribution is -2.12. The van der Waals surface area contributed by atoms with E-state index in [1.54, 1.807) is 29.6 Å². The van der Waals surface area contributed by atoms with Crippen LogP contribution in [0.3, 0.4) is 0 Å². The van der Waals surface area contributed by atoms with Crippen LogP contribution in [0.15, 0.2) is 60.0 Å². The molecule has 0 spiro atoms. The van der Waals surface area contributed by atoms with Crippen molar-refractivity contribution in [1.82, 2.24) is 9.55 Å². The third-order valence-corrected chi connectivity index (χ3v) is 5.47. The van der Waals surface area contributed by atoms with Crippen molar-refractivity contribution < 1.29 is 9.59 Å². The first kappa shape index (κ1) is 18.1. The van der Waals surface area contributed by atoms with E-state index in [0.717, 1.165) is 28.1 Å². The summed E-state index contributed by atoms with van der Waals surface area (Å²) in [6, 6.07) is 17.2. The average Bonchev–Trinajstić information content (AvgIpc) is 3.32. The summed E-state index contributed by atoms with van der Waals surface area (Å²) in [4.78, 5) is 28.7. The first-order valence-corrected chi connectivity index (χ1v) is 9.91. The van der Waals surface area contributed by atoms with Crippen LogP contribution >= 0.6 is 11.3 Å². The highest BCUT2D eigenvalue weighted by atomic mass is 32.1. The number of aryl methyl sites for hydroxylation is 1. The summed E-state index contributed by atoms with van der Waals surface area (Å²) in [5, 5.41) is 6.54. The van der Waals surface area contributed by atoms with E-state index >= 15 is 0 Å². The predicted molar refractivity (Wildman–Crippen MR) is 113 cm³/mol. The third-order valence-electron chi connectivity index (χ3n) is 4.61. The molecule has 1 N–H and O–H groups in total. The van der Waals surface area contributed by atoms with Crippen molar-refractivity contribution in [3.63, 3.8) is 0 Å². The molecule has 4 aromatic rings. The van der Waals surface area contributed by atoms with Gasteiger partial charge in [0.2, 0.25) is 0 Å². The van der Waals surface area contributed by atoms with E-state index < -0.39 is 0 Å². The summed E-state index contributed by atoms with van der Waals surface area (Å²) in [6.07, 6.45) is 0. The average molecular weight is 389 g/mol. The Labute approximate surface area is 166 Å². The fourth-order valence-electron chi connectivity index (χ4n) is 3.23. The maximum absolute atomic E-state index is 12.6. The normalized spacial score (nSPS) is 10.9. The molecule has 2 aromatic carbocycles. The fourth-order valence-corrected chi connectivity index (χ4v) is 4.06. The van der Waals surface area contributed by atoms with Crippen molar-refractivity contribution in [1.29, 1.82) is 0 Å². The Morgan fingerprint density at radius 1 is 1.11 bits per heavy atom. The van der Waals surface area contributed by atoms with Crippen LogP contribution in [0.25, 0.3) is 21.6 Å². The van der Waals surface area contributed by atoms with Crippen molar-refractivity contribution in [3.8, 4) is 10.7 Å². The van der Waals surface area contributed by atoms with Gasteiger partial charge in [-0.25, -0.2) is 4.98 Å². The summed E-state index contributed by atoms with van der Waals surface area (Å²) in [7, 11) is 0. The number of para-hydroxylation sites is 1. The number of nitrogens with one attached hydrogen (secondary N) is 1. The molecule has 0 unspecified atom stereocenters. The number of carbonyl (C=O) groups is 2. The van der Waals surface area contributed by atoms with Crippen molar-refractivity contribution in [2.75, 3.05) is 5.32 Å². The largest absolute Gasteiger partial charge is 0.339 e. The summed E-state index contributed by atoms with van der Waals surface area (Å²) >= 11 is 1.45. The highest BCUT2D eigenvalue weighted by Gasteiger charge is 2.16. The second-order valence-electron chi connectivity index (χ2n) is 6.46. The Kier molecular flexibility index (Phi) is 4.79. The molecule has 4 rings (SSSR count). The van der Waals surface area contributed by atoms with Gasteiger partial charge in [0.05, 0.1) is 5.69 Å². The van der Waals surface area contributed by atoms with Crippen LogP contribution in [-0.2, 0) is 6.54 Å². The molecule has 2 heterocycles. The minimum atomic E-state index is -0.289. The Morgan fingerprint density at radius 2 is 1.93 bits per heavy atom. The molecule has 0 bridgehead atoms. The molecule has 1 amide bonds. The number of carbonyl (C=O) groups excluding carboxylic acids is 2. The Balaban J connectivity index is 1.62. The number of amides is 1. The van der Waals surface area contributed by atoms with Crippen LogP contribution < -0.4 is 5.32 Å². The molecule has 0 aliphatic rings. The molecule has 0 aliphatic carbocycles. The van der Waals surface area contributed by atoms with E-state index in [4.69, 9.17) is 0 Å². The SMILES string of the molecule is CCn1c(-c2nc(C(=O)Nc3cccc(C(C)=O)c3)cs2)cc2ccccc21. The van der Waals surface area contributed by atoms with Gasteiger partial charge in [-0.05, 0) is 38.1 Å². The first-order chi connectivity index (χ1) is 13.6. The summed E-state index contributed by atoms with van der Waals surface area (Å²) in [6.45, 7) is 4.42. The molecule has 0 aliphatic heterocycles. The van der Waals surface area contributed by atoms with Gasteiger partial charge in [-0.1, -0.05) is 30.3 Å². The molecule has 28 heavy (non-hydrogen) atoms. The predicted octanol–water partition coefficient (Wildman–Crippen LogP) is 5.24. The number of hydrogen-bond acceptors (Lipinski definition) is 4. The first-order valence-electron chi connectivity index (χ1n) is 9.03. The summed E-state index contributed by atoms with van der Waals surface area (Å²) < 4.78 is 2.20. The number of anilines is 1. The molecule has 6 heteroatoms. The minimum absolute atomic E-state index is 0.0422. The zero-order valence-electron chi connectivity index (χ0n) is 15.6. The minimum Gasteiger partial charge on any atom is -0.339 e. The van der Waals surface area contributed by atoms with Crippen molar-refractivity contribution in [3.05, 3.63) is 71.2 Å². The van der Waals surface area contributed by atoms with Crippen molar-refractivity contribution >= 4 is 39.6 Å². The number of Topliss-reactive ketones (excluding diaryl/α,β-unsaturated/α-hetero) is 1. The number of ketones is 1. The molecule has 0 fully saturated rings.